The third-order valence-corrected chi connectivity index (χ3v) is 4.36. The molecule has 0 radical (unpaired) electrons. The average Bonchev–Trinajstić information content (AvgIpc) is 2.88. The number of H-pyrrole nitrogens is 1. The Morgan fingerprint density at radius 3 is 2.65 bits per heavy atom. The van der Waals surface area contributed by atoms with E-state index in [0.29, 0.717) is 17.2 Å². The van der Waals surface area contributed by atoms with Gasteiger partial charge in [-0.05, 0) is 55.3 Å². The SMILES string of the molecule is O=C(Nc1ccc2nc(C3CCC3)[nH]c2c1)c1ccc(F)cc1. The lowest BCUT2D eigenvalue weighted by molar-refractivity contribution is 0.102. The summed E-state index contributed by atoms with van der Waals surface area (Å²) in [5.41, 5.74) is 2.94. The highest BCUT2D eigenvalue weighted by Gasteiger charge is 2.22. The number of fused-ring (bicyclic) bond motifs is 1. The zero-order chi connectivity index (χ0) is 15.8. The van der Waals surface area contributed by atoms with E-state index in [9.17, 15) is 9.18 Å². The molecular weight excluding hydrogens is 293 g/mol. The maximum Gasteiger partial charge on any atom is 0.255 e. The lowest BCUT2D eigenvalue weighted by atomic mass is 9.85. The molecule has 3 aromatic rings. The van der Waals surface area contributed by atoms with Crippen LogP contribution in [-0.2, 0) is 0 Å². The quantitative estimate of drug-likeness (QED) is 0.761. The Morgan fingerprint density at radius 1 is 1.17 bits per heavy atom. The van der Waals surface area contributed by atoms with Gasteiger partial charge in [-0.15, -0.1) is 0 Å². The highest BCUT2D eigenvalue weighted by Crippen LogP contribution is 2.35. The molecule has 4 rings (SSSR count). The summed E-state index contributed by atoms with van der Waals surface area (Å²) >= 11 is 0. The summed E-state index contributed by atoms with van der Waals surface area (Å²) in [4.78, 5) is 20.1. The fourth-order valence-corrected chi connectivity index (χ4v) is 2.79. The van der Waals surface area contributed by atoms with Crippen LogP contribution in [0.25, 0.3) is 11.0 Å². The van der Waals surface area contributed by atoms with E-state index >= 15 is 0 Å². The summed E-state index contributed by atoms with van der Waals surface area (Å²) in [6, 6.07) is 11.1. The van der Waals surface area contributed by atoms with Crippen LogP contribution in [0.1, 0.15) is 41.4 Å². The predicted octanol–water partition coefficient (Wildman–Crippen LogP) is 4.22. The van der Waals surface area contributed by atoms with Gasteiger partial charge in [-0.25, -0.2) is 9.37 Å². The molecule has 1 saturated carbocycles. The van der Waals surface area contributed by atoms with Crippen LogP contribution in [0.5, 0.6) is 0 Å². The minimum atomic E-state index is -0.357. The molecule has 23 heavy (non-hydrogen) atoms. The van der Waals surface area contributed by atoms with Gasteiger partial charge in [0.05, 0.1) is 11.0 Å². The molecule has 0 saturated heterocycles. The van der Waals surface area contributed by atoms with Crippen LogP contribution in [0.15, 0.2) is 42.5 Å². The van der Waals surface area contributed by atoms with Crippen LogP contribution in [0, 0.1) is 5.82 Å². The third-order valence-electron chi connectivity index (χ3n) is 4.36. The number of carbonyl (C=O) groups is 1. The van der Waals surface area contributed by atoms with E-state index in [0.717, 1.165) is 16.9 Å². The molecule has 1 aromatic heterocycles. The third kappa shape index (κ3) is 2.70. The van der Waals surface area contributed by atoms with E-state index in [4.69, 9.17) is 0 Å². The van der Waals surface area contributed by atoms with Gasteiger partial charge in [-0.2, -0.15) is 0 Å². The number of aromatic nitrogens is 2. The number of carbonyl (C=O) groups excluding carboxylic acids is 1. The normalized spacial score (nSPS) is 14.7. The van der Waals surface area contributed by atoms with E-state index in [1.54, 1.807) is 0 Å². The molecule has 0 unspecified atom stereocenters. The Bertz CT molecular complexity index is 866. The summed E-state index contributed by atoms with van der Waals surface area (Å²) in [6.07, 6.45) is 3.64. The summed E-state index contributed by atoms with van der Waals surface area (Å²) in [6.45, 7) is 0. The number of aromatic amines is 1. The number of hydrogen-bond acceptors (Lipinski definition) is 2. The minimum absolute atomic E-state index is 0.261. The zero-order valence-corrected chi connectivity index (χ0v) is 12.5. The van der Waals surface area contributed by atoms with Crippen molar-refractivity contribution >= 4 is 22.6 Å². The average molecular weight is 309 g/mol. The number of hydrogen-bond donors (Lipinski definition) is 2. The molecule has 116 valence electrons. The fourth-order valence-electron chi connectivity index (χ4n) is 2.79. The molecule has 0 spiro atoms. The van der Waals surface area contributed by atoms with Crippen molar-refractivity contribution in [3.05, 3.63) is 59.7 Å². The van der Waals surface area contributed by atoms with Crippen molar-refractivity contribution in [2.24, 2.45) is 0 Å². The van der Waals surface area contributed by atoms with E-state index in [1.165, 1.54) is 43.5 Å². The molecule has 1 fully saturated rings. The zero-order valence-electron chi connectivity index (χ0n) is 12.5. The molecule has 0 bridgehead atoms. The van der Waals surface area contributed by atoms with Crippen LogP contribution in [0.2, 0.25) is 0 Å². The van der Waals surface area contributed by atoms with Crippen molar-refractivity contribution in [3.63, 3.8) is 0 Å². The van der Waals surface area contributed by atoms with E-state index < -0.39 is 0 Å². The first-order valence-electron chi connectivity index (χ1n) is 7.75. The van der Waals surface area contributed by atoms with Crippen molar-refractivity contribution in [1.82, 2.24) is 9.97 Å². The monoisotopic (exact) mass is 309 g/mol. The smallest absolute Gasteiger partial charge is 0.255 e. The highest BCUT2D eigenvalue weighted by atomic mass is 19.1. The predicted molar refractivity (Wildman–Crippen MR) is 87.0 cm³/mol. The summed E-state index contributed by atoms with van der Waals surface area (Å²) in [5, 5.41) is 2.83. The minimum Gasteiger partial charge on any atom is -0.342 e. The Morgan fingerprint density at radius 2 is 1.96 bits per heavy atom. The van der Waals surface area contributed by atoms with Gasteiger partial charge in [0.15, 0.2) is 0 Å². The molecule has 2 N–H and O–H groups in total. The molecule has 0 aliphatic heterocycles. The first-order valence-corrected chi connectivity index (χ1v) is 7.75. The molecule has 0 atom stereocenters. The van der Waals surface area contributed by atoms with Crippen LogP contribution in [0.4, 0.5) is 10.1 Å². The number of nitrogens with zero attached hydrogens (tertiary/aromatic N) is 1. The maximum atomic E-state index is 12.9. The second kappa shape index (κ2) is 5.50. The molecule has 1 aliphatic carbocycles. The number of anilines is 1. The molecule has 1 heterocycles. The van der Waals surface area contributed by atoms with Crippen LogP contribution < -0.4 is 5.32 Å². The van der Waals surface area contributed by atoms with Gasteiger partial charge < -0.3 is 10.3 Å². The Balaban J connectivity index is 1.56. The number of halogens is 1. The number of nitrogens with one attached hydrogen (secondary N) is 2. The Hall–Kier alpha value is -2.69. The van der Waals surface area contributed by atoms with Gasteiger partial charge in [0, 0.05) is 17.2 Å². The van der Waals surface area contributed by atoms with Crippen LogP contribution in [-0.4, -0.2) is 15.9 Å². The first-order chi connectivity index (χ1) is 11.2. The standard InChI is InChI=1S/C18H16FN3O/c19-13-6-4-12(5-7-13)18(23)20-14-8-9-15-16(10-14)22-17(21-15)11-2-1-3-11/h4-11H,1-3H2,(H,20,23)(H,21,22). The van der Waals surface area contributed by atoms with Crippen LogP contribution in [0.3, 0.4) is 0 Å². The van der Waals surface area contributed by atoms with Crippen molar-refractivity contribution in [1.29, 1.82) is 0 Å². The van der Waals surface area contributed by atoms with Crippen molar-refractivity contribution < 1.29 is 9.18 Å². The van der Waals surface area contributed by atoms with Gasteiger partial charge in [-0.3, -0.25) is 4.79 Å². The van der Waals surface area contributed by atoms with Gasteiger partial charge >= 0.3 is 0 Å². The Labute approximate surface area is 132 Å². The van der Waals surface area contributed by atoms with Crippen molar-refractivity contribution in [3.8, 4) is 0 Å². The van der Waals surface area contributed by atoms with Crippen LogP contribution >= 0.6 is 0 Å². The maximum absolute atomic E-state index is 12.9. The number of rotatable bonds is 3. The lowest BCUT2D eigenvalue weighted by Gasteiger charge is -2.22. The molecule has 4 nitrogen and oxygen atoms in total. The molecule has 1 aliphatic rings. The second-order valence-corrected chi connectivity index (χ2v) is 5.94. The number of imidazole rings is 1. The second-order valence-electron chi connectivity index (χ2n) is 5.94. The first kappa shape index (κ1) is 13.9. The van der Waals surface area contributed by atoms with Gasteiger partial charge in [0.1, 0.15) is 11.6 Å². The number of benzene rings is 2. The van der Waals surface area contributed by atoms with Gasteiger partial charge in [0.2, 0.25) is 0 Å². The molecular formula is C18H16FN3O. The van der Waals surface area contributed by atoms with E-state index in [-0.39, 0.29) is 11.7 Å². The lowest BCUT2D eigenvalue weighted by Crippen LogP contribution is -2.11. The van der Waals surface area contributed by atoms with Gasteiger partial charge in [0.25, 0.3) is 5.91 Å². The fraction of sp³-hybridized carbons (Fsp3) is 0.222. The van der Waals surface area contributed by atoms with Crippen molar-refractivity contribution in [2.45, 2.75) is 25.2 Å². The van der Waals surface area contributed by atoms with E-state index in [1.807, 2.05) is 18.2 Å². The largest absolute Gasteiger partial charge is 0.342 e. The summed E-state index contributed by atoms with van der Waals surface area (Å²) < 4.78 is 12.9. The van der Waals surface area contributed by atoms with E-state index in [2.05, 4.69) is 15.3 Å². The topological polar surface area (TPSA) is 57.8 Å². The summed E-state index contributed by atoms with van der Waals surface area (Å²) in [7, 11) is 0. The Kier molecular flexibility index (Phi) is 3.33. The summed E-state index contributed by atoms with van der Waals surface area (Å²) in [5.74, 6) is 0.958. The molecule has 5 heteroatoms. The highest BCUT2D eigenvalue weighted by molar-refractivity contribution is 6.04. The molecule has 2 aromatic carbocycles. The number of amides is 1. The van der Waals surface area contributed by atoms with Crippen molar-refractivity contribution in [2.75, 3.05) is 5.32 Å². The van der Waals surface area contributed by atoms with Gasteiger partial charge in [-0.1, -0.05) is 6.42 Å². The molecule has 1 amide bonds.